The van der Waals surface area contributed by atoms with E-state index in [1.165, 1.54) is 38.5 Å². The highest BCUT2D eigenvalue weighted by atomic mass is 16.2. The molecule has 1 aliphatic heterocycles. The van der Waals surface area contributed by atoms with Crippen molar-refractivity contribution in [2.45, 2.75) is 71.3 Å². The lowest BCUT2D eigenvalue weighted by molar-refractivity contribution is -0.137. The third kappa shape index (κ3) is 7.68. The summed E-state index contributed by atoms with van der Waals surface area (Å²) in [5, 5.41) is 6.92. The fourth-order valence-electron chi connectivity index (χ4n) is 4.16. The molecule has 0 radical (unpaired) electrons. The molecule has 0 spiro atoms. The summed E-state index contributed by atoms with van der Waals surface area (Å²) in [4.78, 5) is 21.4. The van der Waals surface area contributed by atoms with Gasteiger partial charge in [0.05, 0.1) is 0 Å². The summed E-state index contributed by atoms with van der Waals surface area (Å²) in [5.74, 6) is 1.62. The van der Waals surface area contributed by atoms with Crippen LogP contribution in [0.5, 0.6) is 0 Å². The average Bonchev–Trinajstić information content (AvgIpc) is 3.22. The molecular weight excluding hydrogens is 338 g/mol. The summed E-state index contributed by atoms with van der Waals surface area (Å²) in [7, 11) is 1.83. The molecule has 2 aliphatic rings. The number of guanidine groups is 1. The minimum absolute atomic E-state index is 0.312. The maximum atomic E-state index is 12.5. The Bertz CT molecular complexity index is 453. The maximum absolute atomic E-state index is 12.5. The summed E-state index contributed by atoms with van der Waals surface area (Å²) in [6.45, 7) is 10.1. The van der Waals surface area contributed by atoms with E-state index < -0.39 is 0 Å². The molecule has 1 aliphatic carbocycles. The standard InChI is InChI=1S/C21H41N5O/c1-4-5-6-9-18(2)24-21(22-3)23-12-13-25-14-16-26(17-15-25)20(27)19-10-7-8-11-19/h18-19H,4-17H2,1-3H3,(H2,22,23,24). The molecule has 156 valence electrons. The largest absolute Gasteiger partial charge is 0.355 e. The fraction of sp³-hybridized carbons (Fsp3) is 0.905. The smallest absolute Gasteiger partial charge is 0.225 e. The quantitative estimate of drug-likeness (QED) is 0.367. The minimum atomic E-state index is 0.312. The van der Waals surface area contributed by atoms with Gasteiger partial charge in [-0.3, -0.25) is 14.7 Å². The minimum Gasteiger partial charge on any atom is -0.355 e. The third-order valence-corrected chi connectivity index (χ3v) is 5.96. The van der Waals surface area contributed by atoms with Gasteiger partial charge in [-0.05, 0) is 26.2 Å². The monoisotopic (exact) mass is 379 g/mol. The molecule has 0 aromatic rings. The molecule has 27 heavy (non-hydrogen) atoms. The Kier molecular flexibility index (Phi) is 9.95. The SMILES string of the molecule is CCCCCC(C)NC(=NC)NCCN1CCN(C(=O)C2CCCC2)CC1. The molecule has 1 amide bonds. The molecule has 0 aromatic carbocycles. The van der Waals surface area contributed by atoms with Crippen molar-refractivity contribution < 1.29 is 4.79 Å². The molecule has 2 fully saturated rings. The highest BCUT2D eigenvalue weighted by Crippen LogP contribution is 2.26. The van der Waals surface area contributed by atoms with E-state index in [0.29, 0.717) is 17.9 Å². The van der Waals surface area contributed by atoms with Crippen molar-refractivity contribution in [2.75, 3.05) is 46.3 Å². The Morgan fingerprint density at radius 1 is 1.15 bits per heavy atom. The van der Waals surface area contributed by atoms with E-state index >= 15 is 0 Å². The Morgan fingerprint density at radius 3 is 2.48 bits per heavy atom. The van der Waals surface area contributed by atoms with Gasteiger partial charge in [0.25, 0.3) is 0 Å². The van der Waals surface area contributed by atoms with Crippen molar-refractivity contribution in [2.24, 2.45) is 10.9 Å². The number of nitrogens with zero attached hydrogens (tertiary/aromatic N) is 3. The second kappa shape index (κ2) is 12.2. The van der Waals surface area contributed by atoms with E-state index in [1.807, 2.05) is 7.05 Å². The molecule has 1 unspecified atom stereocenters. The first-order valence-electron chi connectivity index (χ1n) is 11.1. The van der Waals surface area contributed by atoms with E-state index in [9.17, 15) is 4.79 Å². The molecule has 1 atom stereocenters. The maximum Gasteiger partial charge on any atom is 0.225 e. The van der Waals surface area contributed by atoms with Crippen molar-refractivity contribution >= 4 is 11.9 Å². The van der Waals surface area contributed by atoms with Crippen LogP contribution >= 0.6 is 0 Å². The van der Waals surface area contributed by atoms with Crippen LogP contribution in [0.25, 0.3) is 0 Å². The molecule has 0 bridgehead atoms. The van der Waals surface area contributed by atoms with Gasteiger partial charge < -0.3 is 15.5 Å². The van der Waals surface area contributed by atoms with Crippen LogP contribution in [0.1, 0.15) is 65.2 Å². The van der Waals surface area contributed by atoms with Crippen LogP contribution in [0.15, 0.2) is 4.99 Å². The molecule has 2 rings (SSSR count). The highest BCUT2D eigenvalue weighted by molar-refractivity contribution is 5.80. The van der Waals surface area contributed by atoms with Crippen molar-refractivity contribution in [3.05, 3.63) is 0 Å². The third-order valence-electron chi connectivity index (χ3n) is 5.96. The lowest BCUT2D eigenvalue weighted by Gasteiger charge is -2.36. The van der Waals surface area contributed by atoms with Crippen molar-refractivity contribution in [1.29, 1.82) is 0 Å². The topological polar surface area (TPSA) is 60.0 Å². The average molecular weight is 380 g/mol. The lowest BCUT2D eigenvalue weighted by atomic mass is 10.1. The zero-order valence-corrected chi connectivity index (χ0v) is 17.8. The first kappa shape index (κ1) is 22.0. The van der Waals surface area contributed by atoms with E-state index in [2.05, 4.69) is 39.3 Å². The van der Waals surface area contributed by atoms with Gasteiger partial charge in [-0.25, -0.2) is 0 Å². The van der Waals surface area contributed by atoms with Crippen LogP contribution < -0.4 is 10.6 Å². The fourth-order valence-corrected chi connectivity index (χ4v) is 4.16. The van der Waals surface area contributed by atoms with Crippen molar-refractivity contribution in [1.82, 2.24) is 20.4 Å². The van der Waals surface area contributed by atoms with Gasteiger partial charge in [0.1, 0.15) is 0 Å². The molecule has 2 N–H and O–H groups in total. The zero-order valence-electron chi connectivity index (χ0n) is 17.8. The van der Waals surface area contributed by atoms with Crippen LogP contribution in [-0.2, 0) is 4.79 Å². The summed E-state index contributed by atoms with van der Waals surface area (Å²) in [6, 6.07) is 0.452. The number of carbonyl (C=O) groups is 1. The first-order chi connectivity index (χ1) is 13.1. The number of aliphatic imine (C=N–C) groups is 1. The van der Waals surface area contributed by atoms with Crippen molar-refractivity contribution in [3.8, 4) is 0 Å². The van der Waals surface area contributed by atoms with Gasteiger partial charge in [0.2, 0.25) is 5.91 Å². The Hall–Kier alpha value is -1.30. The van der Waals surface area contributed by atoms with Gasteiger partial charge in [0.15, 0.2) is 5.96 Å². The first-order valence-corrected chi connectivity index (χ1v) is 11.1. The second-order valence-electron chi connectivity index (χ2n) is 8.19. The predicted octanol–water partition coefficient (Wildman–Crippen LogP) is 2.45. The van der Waals surface area contributed by atoms with Gasteiger partial charge in [-0.2, -0.15) is 0 Å². The summed E-state index contributed by atoms with van der Waals surface area (Å²) < 4.78 is 0. The van der Waals surface area contributed by atoms with Crippen molar-refractivity contribution in [3.63, 3.8) is 0 Å². The summed E-state index contributed by atoms with van der Waals surface area (Å²) in [5.41, 5.74) is 0. The van der Waals surface area contributed by atoms with Crippen LogP contribution in [0.2, 0.25) is 0 Å². The molecule has 6 nitrogen and oxygen atoms in total. The zero-order chi connectivity index (χ0) is 19.5. The van der Waals surface area contributed by atoms with Crippen LogP contribution in [0, 0.1) is 5.92 Å². The van der Waals surface area contributed by atoms with E-state index in [0.717, 1.165) is 58.1 Å². The summed E-state index contributed by atoms with van der Waals surface area (Å²) in [6.07, 6.45) is 9.69. The number of amides is 1. The molecule has 1 saturated carbocycles. The number of hydrogen-bond donors (Lipinski definition) is 2. The van der Waals surface area contributed by atoms with Gasteiger partial charge in [-0.1, -0.05) is 39.0 Å². The number of unbranched alkanes of at least 4 members (excludes halogenated alkanes) is 2. The number of nitrogens with one attached hydrogen (secondary N) is 2. The van der Waals surface area contributed by atoms with Crippen LogP contribution in [0.4, 0.5) is 0 Å². The van der Waals surface area contributed by atoms with Gasteiger partial charge in [-0.15, -0.1) is 0 Å². The molecule has 6 heteroatoms. The number of rotatable bonds is 9. The van der Waals surface area contributed by atoms with E-state index in [4.69, 9.17) is 0 Å². The molecule has 1 heterocycles. The second-order valence-corrected chi connectivity index (χ2v) is 8.19. The molecule has 0 aromatic heterocycles. The number of piperazine rings is 1. The van der Waals surface area contributed by atoms with Crippen LogP contribution in [0.3, 0.4) is 0 Å². The number of hydrogen-bond acceptors (Lipinski definition) is 3. The predicted molar refractivity (Wildman–Crippen MR) is 113 cm³/mol. The normalized spacial score (nSPS) is 20.7. The Morgan fingerprint density at radius 2 is 1.85 bits per heavy atom. The highest BCUT2D eigenvalue weighted by Gasteiger charge is 2.29. The van der Waals surface area contributed by atoms with Gasteiger partial charge in [0, 0.05) is 58.3 Å². The van der Waals surface area contributed by atoms with E-state index in [1.54, 1.807) is 0 Å². The van der Waals surface area contributed by atoms with Gasteiger partial charge >= 0.3 is 0 Å². The lowest BCUT2D eigenvalue weighted by Crippen LogP contribution is -2.52. The Labute approximate surface area is 166 Å². The molecular formula is C21H41N5O. The number of carbonyl (C=O) groups excluding carboxylic acids is 1. The van der Waals surface area contributed by atoms with Crippen LogP contribution in [-0.4, -0.2) is 74.0 Å². The summed E-state index contributed by atoms with van der Waals surface area (Å²) >= 11 is 0. The molecule has 1 saturated heterocycles. The Balaban J connectivity index is 1.59. The van der Waals surface area contributed by atoms with E-state index in [-0.39, 0.29) is 0 Å².